The molecule has 0 radical (unpaired) electrons. The Bertz CT molecular complexity index is 522. The quantitative estimate of drug-likeness (QED) is 0.787. The van der Waals surface area contributed by atoms with Crippen LogP contribution in [-0.2, 0) is 16.6 Å². The van der Waals surface area contributed by atoms with Gasteiger partial charge in [0, 0.05) is 24.5 Å². The summed E-state index contributed by atoms with van der Waals surface area (Å²) < 4.78 is 27.3. The molecule has 7 heteroatoms. The van der Waals surface area contributed by atoms with Gasteiger partial charge in [-0.05, 0) is 47.8 Å². The van der Waals surface area contributed by atoms with Crippen molar-refractivity contribution >= 4 is 37.3 Å². The van der Waals surface area contributed by atoms with Gasteiger partial charge in [0.1, 0.15) is 4.90 Å². The van der Waals surface area contributed by atoms with E-state index >= 15 is 0 Å². The van der Waals surface area contributed by atoms with Gasteiger partial charge >= 0.3 is 0 Å². The Labute approximate surface area is 127 Å². The second-order valence-corrected chi connectivity index (χ2v) is 9.00. The molecule has 2 rings (SSSR count). The van der Waals surface area contributed by atoms with E-state index < -0.39 is 10.0 Å². The van der Waals surface area contributed by atoms with E-state index in [0.29, 0.717) is 21.8 Å². The monoisotopic (exact) mass is 366 g/mol. The second-order valence-electron chi connectivity index (χ2n) is 4.64. The van der Waals surface area contributed by atoms with Crippen molar-refractivity contribution < 1.29 is 8.42 Å². The third-order valence-electron chi connectivity index (χ3n) is 3.12. The Morgan fingerprint density at radius 3 is 2.74 bits per heavy atom. The molecule has 19 heavy (non-hydrogen) atoms. The molecule has 1 aromatic rings. The molecule has 0 bridgehead atoms. The minimum absolute atomic E-state index is 0.424. The zero-order chi connectivity index (χ0) is 13.9. The maximum absolute atomic E-state index is 12.5. The lowest BCUT2D eigenvalue weighted by atomic mass is 10.4. The molecule has 108 valence electrons. The lowest BCUT2D eigenvalue weighted by molar-refractivity contribution is 0.477. The van der Waals surface area contributed by atoms with Crippen molar-refractivity contribution in [2.24, 2.45) is 0 Å². The van der Waals surface area contributed by atoms with Crippen molar-refractivity contribution in [3.63, 3.8) is 0 Å². The third-order valence-corrected chi connectivity index (χ3v) is 7.27. The van der Waals surface area contributed by atoms with Crippen LogP contribution < -0.4 is 5.32 Å². The number of halogens is 1. The number of sulfonamides is 1. The Kier molecular flexibility index (Phi) is 5.42. The maximum Gasteiger partial charge on any atom is 0.245 e. The van der Waals surface area contributed by atoms with E-state index in [1.165, 1.54) is 11.3 Å². The van der Waals surface area contributed by atoms with E-state index in [0.717, 1.165) is 37.2 Å². The highest BCUT2D eigenvalue weighted by Gasteiger charge is 2.30. The summed E-state index contributed by atoms with van der Waals surface area (Å²) in [7, 11) is -3.31. The van der Waals surface area contributed by atoms with Crippen LogP contribution in [0.3, 0.4) is 0 Å². The van der Waals surface area contributed by atoms with E-state index in [4.69, 9.17) is 0 Å². The van der Waals surface area contributed by atoms with Crippen molar-refractivity contribution in [1.82, 2.24) is 9.62 Å². The molecule has 0 spiro atoms. The lowest BCUT2D eigenvalue weighted by Crippen LogP contribution is -2.27. The van der Waals surface area contributed by atoms with E-state index in [9.17, 15) is 8.42 Å². The van der Waals surface area contributed by atoms with E-state index in [1.54, 1.807) is 10.4 Å². The summed E-state index contributed by atoms with van der Waals surface area (Å²) in [5.41, 5.74) is 0. The summed E-state index contributed by atoms with van der Waals surface area (Å²) in [6.07, 6.45) is 3.00. The van der Waals surface area contributed by atoms with Crippen LogP contribution in [0.4, 0.5) is 0 Å². The number of hydrogen-bond acceptors (Lipinski definition) is 4. The van der Waals surface area contributed by atoms with Crippen LogP contribution in [0.5, 0.6) is 0 Å². The first kappa shape index (κ1) is 15.4. The van der Waals surface area contributed by atoms with Crippen molar-refractivity contribution in [3.8, 4) is 0 Å². The standard InChI is InChI=1S/C12H19BrN2O2S2/c1-2-5-14-9-10-8-11(12(13)18-10)19(16,17)15-6-3-4-7-15/h8,14H,2-7,9H2,1H3. The van der Waals surface area contributed by atoms with Gasteiger partial charge < -0.3 is 5.32 Å². The highest BCUT2D eigenvalue weighted by atomic mass is 79.9. The molecule has 1 saturated heterocycles. The molecular weight excluding hydrogens is 348 g/mol. The smallest absolute Gasteiger partial charge is 0.245 e. The minimum atomic E-state index is -3.31. The first-order chi connectivity index (χ1) is 9.05. The SMILES string of the molecule is CCCNCc1cc(S(=O)(=O)N2CCCC2)c(Br)s1. The number of nitrogens with one attached hydrogen (secondary N) is 1. The van der Waals surface area contributed by atoms with Gasteiger partial charge in [0.2, 0.25) is 10.0 Å². The molecule has 4 nitrogen and oxygen atoms in total. The Morgan fingerprint density at radius 2 is 2.11 bits per heavy atom. The summed E-state index contributed by atoms with van der Waals surface area (Å²) in [5, 5.41) is 3.29. The predicted molar refractivity (Wildman–Crippen MR) is 82.0 cm³/mol. The van der Waals surface area contributed by atoms with Crippen molar-refractivity contribution in [3.05, 3.63) is 14.7 Å². The lowest BCUT2D eigenvalue weighted by Gasteiger charge is -2.14. The van der Waals surface area contributed by atoms with Crippen LogP contribution in [0.15, 0.2) is 14.7 Å². The topological polar surface area (TPSA) is 49.4 Å². The molecule has 1 aliphatic rings. The summed E-state index contributed by atoms with van der Waals surface area (Å²) in [5.74, 6) is 0. The highest BCUT2D eigenvalue weighted by Crippen LogP contribution is 2.34. The Hall–Kier alpha value is 0.0500. The van der Waals surface area contributed by atoms with Gasteiger partial charge in [0.25, 0.3) is 0 Å². The van der Waals surface area contributed by atoms with Crippen LogP contribution in [0.2, 0.25) is 0 Å². The zero-order valence-corrected chi connectivity index (χ0v) is 14.2. The Balaban J connectivity index is 2.15. The molecule has 0 unspecified atom stereocenters. The minimum Gasteiger partial charge on any atom is -0.312 e. The van der Waals surface area contributed by atoms with E-state index in [-0.39, 0.29) is 0 Å². The molecular formula is C12H19BrN2O2S2. The number of thiophene rings is 1. The number of nitrogens with zero attached hydrogens (tertiary/aromatic N) is 1. The van der Waals surface area contributed by atoms with Gasteiger partial charge in [-0.2, -0.15) is 4.31 Å². The summed E-state index contributed by atoms with van der Waals surface area (Å²) >= 11 is 4.89. The van der Waals surface area contributed by atoms with Crippen molar-refractivity contribution in [2.75, 3.05) is 19.6 Å². The predicted octanol–water partition coefficient (Wildman–Crippen LogP) is 2.79. The van der Waals surface area contributed by atoms with E-state index in [1.807, 2.05) is 0 Å². The molecule has 0 aromatic carbocycles. The third kappa shape index (κ3) is 3.58. The molecule has 2 heterocycles. The molecule has 0 saturated carbocycles. The van der Waals surface area contributed by atoms with Crippen LogP contribution in [-0.4, -0.2) is 32.4 Å². The molecule has 1 aromatic heterocycles. The fraction of sp³-hybridized carbons (Fsp3) is 0.667. The summed E-state index contributed by atoms with van der Waals surface area (Å²) in [6, 6.07) is 1.80. The number of hydrogen-bond donors (Lipinski definition) is 1. The van der Waals surface area contributed by atoms with Crippen LogP contribution in [0.1, 0.15) is 31.1 Å². The van der Waals surface area contributed by atoms with E-state index in [2.05, 4.69) is 28.2 Å². The van der Waals surface area contributed by atoms with Gasteiger partial charge in [-0.15, -0.1) is 11.3 Å². The summed E-state index contributed by atoms with van der Waals surface area (Å²) in [4.78, 5) is 1.48. The fourth-order valence-electron chi connectivity index (χ4n) is 2.12. The average molecular weight is 367 g/mol. The van der Waals surface area contributed by atoms with Gasteiger partial charge in [-0.25, -0.2) is 8.42 Å². The van der Waals surface area contributed by atoms with Gasteiger partial charge in [0.15, 0.2) is 0 Å². The Morgan fingerprint density at radius 1 is 1.42 bits per heavy atom. The first-order valence-electron chi connectivity index (χ1n) is 6.54. The van der Waals surface area contributed by atoms with Gasteiger partial charge in [-0.1, -0.05) is 6.92 Å². The molecule has 0 aliphatic carbocycles. The largest absolute Gasteiger partial charge is 0.312 e. The normalized spacial score (nSPS) is 17.2. The van der Waals surface area contributed by atoms with Crippen molar-refractivity contribution in [1.29, 1.82) is 0 Å². The molecule has 1 aliphatic heterocycles. The van der Waals surface area contributed by atoms with Crippen LogP contribution >= 0.6 is 27.3 Å². The zero-order valence-electron chi connectivity index (χ0n) is 11.0. The highest BCUT2D eigenvalue weighted by molar-refractivity contribution is 9.11. The van der Waals surface area contributed by atoms with Gasteiger partial charge in [0.05, 0.1) is 3.79 Å². The molecule has 1 fully saturated rings. The maximum atomic E-state index is 12.5. The molecule has 0 atom stereocenters. The van der Waals surface area contributed by atoms with Crippen LogP contribution in [0, 0.1) is 0 Å². The fourth-order valence-corrected chi connectivity index (χ4v) is 6.24. The first-order valence-corrected chi connectivity index (χ1v) is 9.59. The van der Waals surface area contributed by atoms with Gasteiger partial charge in [-0.3, -0.25) is 0 Å². The van der Waals surface area contributed by atoms with Crippen LogP contribution in [0.25, 0.3) is 0 Å². The second kappa shape index (κ2) is 6.67. The molecule has 1 N–H and O–H groups in total. The number of rotatable bonds is 6. The average Bonchev–Trinajstić information content (AvgIpc) is 2.99. The van der Waals surface area contributed by atoms with Crippen molar-refractivity contribution in [2.45, 2.75) is 37.6 Å². The summed E-state index contributed by atoms with van der Waals surface area (Å²) in [6.45, 7) is 5.08. The molecule has 0 amide bonds.